The monoisotopic (exact) mass is 210 g/mol. The van der Waals surface area contributed by atoms with E-state index in [9.17, 15) is 0 Å². The Hall–Kier alpha value is -0.830. The van der Waals surface area contributed by atoms with Crippen molar-refractivity contribution in [3.05, 3.63) is 11.8 Å². The molecule has 3 nitrogen and oxygen atoms in total. The van der Waals surface area contributed by atoms with Crippen LogP contribution in [0.1, 0.15) is 46.0 Å². The molecule has 0 aliphatic carbocycles. The van der Waals surface area contributed by atoms with Crippen molar-refractivity contribution < 1.29 is 4.74 Å². The number of nitrogens with zero attached hydrogens (tertiary/aromatic N) is 2. The Balaban J connectivity index is 2.66. The molecular formula is C12H22N2O. The van der Waals surface area contributed by atoms with Crippen LogP contribution >= 0.6 is 0 Å². The Kier molecular flexibility index (Phi) is 5.40. The van der Waals surface area contributed by atoms with Crippen molar-refractivity contribution in [1.82, 2.24) is 5.01 Å². The molecule has 0 aromatic heterocycles. The summed E-state index contributed by atoms with van der Waals surface area (Å²) in [6.45, 7) is 8.77. The van der Waals surface area contributed by atoms with Gasteiger partial charge in [0, 0.05) is 19.0 Å². The molecule has 1 atom stereocenters. The maximum absolute atomic E-state index is 5.71. The minimum Gasteiger partial charge on any atom is -0.357 e. The number of hydrogen-bond acceptors (Lipinski definition) is 3. The molecular weight excluding hydrogens is 188 g/mol. The lowest BCUT2D eigenvalue weighted by Gasteiger charge is -2.33. The summed E-state index contributed by atoms with van der Waals surface area (Å²) >= 11 is 0. The molecule has 0 saturated carbocycles. The lowest BCUT2D eigenvalue weighted by atomic mass is 10.1. The summed E-state index contributed by atoms with van der Waals surface area (Å²) in [6, 6.07) is 0. The molecule has 1 aliphatic rings. The number of allylic oxidation sites excluding steroid dienone is 2. The quantitative estimate of drug-likeness (QED) is 0.514. The zero-order valence-electron chi connectivity index (χ0n) is 9.91. The van der Waals surface area contributed by atoms with Crippen molar-refractivity contribution in [2.45, 2.75) is 52.2 Å². The second-order valence-electron chi connectivity index (χ2n) is 3.76. The smallest absolute Gasteiger partial charge is 0.150 e. The lowest BCUT2D eigenvalue weighted by molar-refractivity contribution is -0.0712. The standard InChI is InChI=1S/C12H22N2O/c1-4-8-11(5-2)14(13-3)12-9-6-7-10-15-12/h8,12H,3-7,9-10H2,1-2H3/b11-8+. The number of rotatable bonds is 5. The van der Waals surface area contributed by atoms with E-state index in [1.165, 1.54) is 18.5 Å². The second-order valence-corrected chi connectivity index (χ2v) is 3.76. The highest BCUT2D eigenvalue weighted by molar-refractivity contribution is 5.23. The van der Waals surface area contributed by atoms with E-state index in [0.717, 1.165) is 25.9 Å². The molecule has 1 unspecified atom stereocenters. The fourth-order valence-corrected chi connectivity index (χ4v) is 1.92. The molecule has 1 aliphatic heterocycles. The fourth-order valence-electron chi connectivity index (χ4n) is 1.92. The molecule has 0 radical (unpaired) electrons. The van der Waals surface area contributed by atoms with Crippen molar-refractivity contribution in [3.8, 4) is 0 Å². The zero-order valence-corrected chi connectivity index (χ0v) is 9.91. The van der Waals surface area contributed by atoms with Gasteiger partial charge in [0.1, 0.15) is 6.23 Å². The van der Waals surface area contributed by atoms with Gasteiger partial charge in [-0.25, -0.2) is 5.01 Å². The van der Waals surface area contributed by atoms with Crippen LogP contribution in [0.3, 0.4) is 0 Å². The minimum absolute atomic E-state index is 0.106. The van der Waals surface area contributed by atoms with Gasteiger partial charge in [-0.3, -0.25) is 0 Å². The summed E-state index contributed by atoms with van der Waals surface area (Å²) in [5, 5.41) is 6.04. The molecule has 86 valence electrons. The fraction of sp³-hybridized carbons (Fsp3) is 0.750. The van der Waals surface area contributed by atoms with Crippen LogP contribution in [0.25, 0.3) is 0 Å². The predicted octanol–water partition coefficient (Wildman–Crippen LogP) is 3.13. The van der Waals surface area contributed by atoms with Gasteiger partial charge in [-0.15, -0.1) is 0 Å². The van der Waals surface area contributed by atoms with Crippen molar-refractivity contribution in [2.24, 2.45) is 5.10 Å². The first kappa shape index (κ1) is 12.2. The largest absolute Gasteiger partial charge is 0.357 e. The van der Waals surface area contributed by atoms with Crippen LogP contribution in [0, 0.1) is 0 Å². The first-order chi connectivity index (χ1) is 7.33. The van der Waals surface area contributed by atoms with E-state index in [-0.39, 0.29) is 6.23 Å². The molecule has 0 aromatic rings. The maximum Gasteiger partial charge on any atom is 0.150 e. The van der Waals surface area contributed by atoms with Crippen LogP contribution in [0.4, 0.5) is 0 Å². The van der Waals surface area contributed by atoms with Crippen molar-refractivity contribution >= 4 is 6.72 Å². The Morgan fingerprint density at radius 1 is 1.53 bits per heavy atom. The van der Waals surface area contributed by atoms with Gasteiger partial charge >= 0.3 is 0 Å². The predicted molar refractivity (Wildman–Crippen MR) is 63.6 cm³/mol. The Bertz CT molecular complexity index is 220. The van der Waals surface area contributed by atoms with Crippen LogP contribution in [0.2, 0.25) is 0 Å². The van der Waals surface area contributed by atoms with E-state index >= 15 is 0 Å². The van der Waals surface area contributed by atoms with E-state index < -0.39 is 0 Å². The average molecular weight is 210 g/mol. The summed E-state index contributed by atoms with van der Waals surface area (Å²) in [6.07, 6.45) is 7.76. The molecule has 1 heterocycles. The van der Waals surface area contributed by atoms with Gasteiger partial charge in [-0.2, -0.15) is 5.10 Å². The topological polar surface area (TPSA) is 24.8 Å². The van der Waals surface area contributed by atoms with Gasteiger partial charge in [0.2, 0.25) is 0 Å². The Morgan fingerprint density at radius 3 is 2.80 bits per heavy atom. The summed E-state index contributed by atoms with van der Waals surface area (Å²) in [5.41, 5.74) is 1.22. The first-order valence-corrected chi connectivity index (χ1v) is 5.90. The van der Waals surface area contributed by atoms with Crippen LogP contribution in [-0.4, -0.2) is 24.6 Å². The van der Waals surface area contributed by atoms with Crippen LogP contribution in [-0.2, 0) is 4.74 Å². The highest BCUT2D eigenvalue weighted by Gasteiger charge is 2.21. The highest BCUT2D eigenvalue weighted by atomic mass is 16.5. The summed E-state index contributed by atoms with van der Waals surface area (Å²) in [4.78, 5) is 0. The molecule has 0 amide bonds. The third-order valence-electron chi connectivity index (χ3n) is 2.68. The van der Waals surface area contributed by atoms with Gasteiger partial charge in [0.25, 0.3) is 0 Å². The summed E-state index contributed by atoms with van der Waals surface area (Å²) in [5.74, 6) is 0. The lowest BCUT2D eigenvalue weighted by Crippen LogP contribution is -2.35. The molecule has 3 heteroatoms. The third kappa shape index (κ3) is 3.34. The molecule has 0 spiro atoms. The zero-order chi connectivity index (χ0) is 11.1. The number of hydrogen-bond donors (Lipinski definition) is 0. The van der Waals surface area contributed by atoms with Gasteiger partial charge in [-0.1, -0.05) is 19.9 Å². The molecule has 0 aromatic carbocycles. The Labute approximate surface area is 92.8 Å². The number of ether oxygens (including phenoxy) is 1. The van der Waals surface area contributed by atoms with Crippen molar-refractivity contribution in [1.29, 1.82) is 0 Å². The van der Waals surface area contributed by atoms with Crippen molar-refractivity contribution in [3.63, 3.8) is 0 Å². The van der Waals surface area contributed by atoms with Crippen LogP contribution < -0.4 is 0 Å². The molecule has 0 bridgehead atoms. The SMILES string of the molecule is C=NN(/C(=C/CC)CC)C1CCCCO1. The van der Waals surface area contributed by atoms with E-state index in [1.807, 2.05) is 5.01 Å². The normalized spacial score (nSPS) is 22.5. The highest BCUT2D eigenvalue weighted by Crippen LogP contribution is 2.22. The van der Waals surface area contributed by atoms with E-state index in [4.69, 9.17) is 4.74 Å². The molecule has 1 saturated heterocycles. The summed E-state index contributed by atoms with van der Waals surface area (Å²) in [7, 11) is 0. The van der Waals surface area contributed by atoms with E-state index in [1.54, 1.807) is 0 Å². The maximum atomic E-state index is 5.71. The second kappa shape index (κ2) is 6.62. The van der Waals surface area contributed by atoms with E-state index in [0.29, 0.717) is 0 Å². The molecule has 15 heavy (non-hydrogen) atoms. The van der Waals surface area contributed by atoms with Gasteiger partial charge < -0.3 is 4.74 Å². The van der Waals surface area contributed by atoms with Crippen molar-refractivity contribution in [2.75, 3.05) is 6.61 Å². The van der Waals surface area contributed by atoms with Crippen LogP contribution in [0.15, 0.2) is 16.9 Å². The summed E-state index contributed by atoms with van der Waals surface area (Å²) < 4.78 is 5.71. The van der Waals surface area contributed by atoms with Crippen LogP contribution in [0.5, 0.6) is 0 Å². The first-order valence-electron chi connectivity index (χ1n) is 5.90. The van der Waals surface area contributed by atoms with Gasteiger partial charge in [0.15, 0.2) is 0 Å². The van der Waals surface area contributed by atoms with Gasteiger partial charge in [-0.05, 0) is 32.1 Å². The molecule has 0 N–H and O–H groups in total. The third-order valence-corrected chi connectivity index (χ3v) is 2.68. The molecule has 1 fully saturated rings. The van der Waals surface area contributed by atoms with Gasteiger partial charge in [0.05, 0.1) is 0 Å². The van der Waals surface area contributed by atoms with E-state index in [2.05, 4.69) is 31.7 Å². The average Bonchev–Trinajstić information content (AvgIpc) is 2.30. The Morgan fingerprint density at radius 2 is 2.33 bits per heavy atom. The number of hydrazone groups is 1. The molecule has 1 rings (SSSR count). The minimum atomic E-state index is 0.106.